The summed E-state index contributed by atoms with van der Waals surface area (Å²) in [5.41, 5.74) is 0. The Kier molecular flexibility index (Phi) is 8.86. The molecule has 0 rings (SSSR count). The largest absolute Gasteiger partial charge is 0.461 e. The zero-order chi connectivity index (χ0) is 14.7. The van der Waals surface area contributed by atoms with Crippen LogP contribution in [0.15, 0.2) is 12.2 Å². The molecule has 7 heteroatoms. The van der Waals surface area contributed by atoms with E-state index >= 15 is 0 Å². The summed E-state index contributed by atoms with van der Waals surface area (Å²) >= 11 is 0. The van der Waals surface area contributed by atoms with Crippen LogP contribution in [0.4, 0.5) is 4.79 Å². The molecule has 0 aromatic rings. The summed E-state index contributed by atoms with van der Waals surface area (Å²) < 4.78 is 9.54. The van der Waals surface area contributed by atoms with Gasteiger partial charge in [0.05, 0.1) is 12.6 Å². The number of hydrogen-bond donors (Lipinski definition) is 2. The SMILES string of the molecule is CCNC(=O)NCCOC(=O)/C=C/C(=O)OC(C)C. The van der Waals surface area contributed by atoms with Crippen molar-refractivity contribution in [1.82, 2.24) is 10.6 Å². The Labute approximate surface area is 112 Å². The number of carbonyl (C=O) groups excluding carboxylic acids is 3. The molecule has 0 saturated carbocycles. The fraction of sp³-hybridized carbons (Fsp3) is 0.583. The van der Waals surface area contributed by atoms with Gasteiger partial charge in [-0.25, -0.2) is 14.4 Å². The van der Waals surface area contributed by atoms with Crippen LogP contribution in [0.25, 0.3) is 0 Å². The summed E-state index contributed by atoms with van der Waals surface area (Å²) in [6, 6.07) is -0.324. The van der Waals surface area contributed by atoms with E-state index in [0.29, 0.717) is 6.54 Å². The van der Waals surface area contributed by atoms with Gasteiger partial charge in [0.25, 0.3) is 0 Å². The lowest BCUT2D eigenvalue weighted by Gasteiger charge is -2.06. The summed E-state index contributed by atoms with van der Waals surface area (Å²) in [7, 11) is 0. The number of ether oxygens (including phenoxy) is 2. The molecule has 0 heterocycles. The van der Waals surface area contributed by atoms with Crippen molar-refractivity contribution in [2.75, 3.05) is 19.7 Å². The highest BCUT2D eigenvalue weighted by Gasteiger charge is 2.03. The fourth-order valence-electron chi connectivity index (χ4n) is 0.995. The van der Waals surface area contributed by atoms with Crippen LogP contribution in [-0.4, -0.2) is 43.8 Å². The van der Waals surface area contributed by atoms with E-state index in [4.69, 9.17) is 9.47 Å². The second kappa shape index (κ2) is 9.93. The number of esters is 2. The molecular formula is C12H20N2O5. The number of carbonyl (C=O) groups is 3. The van der Waals surface area contributed by atoms with Crippen LogP contribution in [0.5, 0.6) is 0 Å². The van der Waals surface area contributed by atoms with E-state index in [1.165, 1.54) is 0 Å². The van der Waals surface area contributed by atoms with Crippen LogP contribution in [-0.2, 0) is 19.1 Å². The van der Waals surface area contributed by atoms with Crippen molar-refractivity contribution in [2.45, 2.75) is 26.9 Å². The van der Waals surface area contributed by atoms with Crippen molar-refractivity contribution in [3.8, 4) is 0 Å². The number of nitrogens with one attached hydrogen (secondary N) is 2. The van der Waals surface area contributed by atoms with E-state index in [2.05, 4.69) is 10.6 Å². The first-order chi connectivity index (χ1) is 8.95. The van der Waals surface area contributed by atoms with Crippen LogP contribution < -0.4 is 10.6 Å². The van der Waals surface area contributed by atoms with Crippen LogP contribution in [0.1, 0.15) is 20.8 Å². The monoisotopic (exact) mass is 272 g/mol. The van der Waals surface area contributed by atoms with Gasteiger partial charge in [0.15, 0.2) is 0 Å². The van der Waals surface area contributed by atoms with Crippen molar-refractivity contribution >= 4 is 18.0 Å². The number of amides is 2. The Hall–Kier alpha value is -2.05. The maximum Gasteiger partial charge on any atom is 0.331 e. The number of hydrogen-bond acceptors (Lipinski definition) is 5. The molecule has 0 aromatic carbocycles. The molecule has 0 aliphatic heterocycles. The highest BCUT2D eigenvalue weighted by Crippen LogP contribution is 1.91. The van der Waals surface area contributed by atoms with Crippen LogP contribution in [0.2, 0.25) is 0 Å². The molecule has 0 saturated heterocycles. The molecule has 0 atom stereocenters. The zero-order valence-electron chi connectivity index (χ0n) is 11.4. The highest BCUT2D eigenvalue weighted by atomic mass is 16.5. The Bertz CT molecular complexity index is 339. The van der Waals surface area contributed by atoms with E-state index in [1.54, 1.807) is 20.8 Å². The Balaban J connectivity index is 3.73. The molecule has 2 N–H and O–H groups in total. The molecule has 0 unspecified atom stereocenters. The first-order valence-electron chi connectivity index (χ1n) is 6.02. The molecule has 7 nitrogen and oxygen atoms in total. The van der Waals surface area contributed by atoms with Crippen molar-refractivity contribution in [3.05, 3.63) is 12.2 Å². The van der Waals surface area contributed by atoms with E-state index in [9.17, 15) is 14.4 Å². The third kappa shape index (κ3) is 10.8. The van der Waals surface area contributed by atoms with Gasteiger partial charge in [-0.2, -0.15) is 0 Å². The minimum atomic E-state index is -0.668. The average Bonchev–Trinajstić information content (AvgIpc) is 2.31. The summed E-state index contributed by atoms with van der Waals surface area (Å²) in [5, 5.41) is 5.01. The molecule has 0 spiro atoms. The lowest BCUT2D eigenvalue weighted by molar-refractivity contribution is -0.142. The van der Waals surface area contributed by atoms with Crippen LogP contribution >= 0.6 is 0 Å². The quantitative estimate of drug-likeness (QED) is 0.396. The smallest absolute Gasteiger partial charge is 0.331 e. The Morgan fingerprint density at radius 2 is 1.74 bits per heavy atom. The highest BCUT2D eigenvalue weighted by molar-refractivity contribution is 5.91. The minimum absolute atomic E-state index is 0.0273. The van der Waals surface area contributed by atoms with E-state index in [0.717, 1.165) is 12.2 Å². The van der Waals surface area contributed by atoms with Gasteiger partial charge in [0.1, 0.15) is 6.61 Å². The molecule has 0 radical (unpaired) electrons. The number of urea groups is 1. The van der Waals surface area contributed by atoms with Gasteiger partial charge in [-0.1, -0.05) is 0 Å². The first-order valence-corrected chi connectivity index (χ1v) is 6.02. The van der Waals surface area contributed by atoms with E-state index in [1.807, 2.05) is 0 Å². The molecule has 0 aliphatic rings. The summed E-state index contributed by atoms with van der Waals surface area (Å²) in [6.07, 6.45) is 1.74. The predicted molar refractivity (Wildman–Crippen MR) is 68.4 cm³/mol. The second-order valence-electron chi connectivity index (χ2n) is 3.77. The van der Waals surface area contributed by atoms with Gasteiger partial charge in [-0.3, -0.25) is 0 Å². The van der Waals surface area contributed by atoms with Gasteiger partial charge in [-0.15, -0.1) is 0 Å². The predicted octanol–water partition coefficient (Wildman–Crippen LogP) is 0.357. The van der Waals surface area contributed by atoms with Gasteiger partial charge in [0.2, 0.25) is 0 Å². The molecule has 108 valence electrons. The molecular weight excluding hydrogens is 252 g/mol. The second-order valence-corrected chi connectivity index (χ2v) is 3.77. The zero-order valence-corrected chi connectivity index (χ0v) is 11.4. The maximum absolute atomic E-state index is 11.2. The normalized spacial score (nSPS) is 10.3. The molecule has 0 fully saturated rings. The molecule has 0 aliphatic carbocycles. The van der Waals surface area contributed by atoms with Gasteiger partial charge in [-0.05, 0) is 20.8 Å². The molecule has 2 amide bonds. The first kappa shape index (κ1) is 16.9. The summed E-state index contributed by atoms with van der Waals surface area (Å²) in [4.78, 5) is 33.2. The van der Waals surface area contributed by atoms with Gasteiger partial charge in [0, 0.05) is 18.7 Å². The molecule has 19 heavy (non-hydrogen) atoms. The topological polar surface area (TPSA) is 93.7 Å². The van der Waals surface area contributed by atoms with E-state index < -0.39 is 11.9 Å². The lowest BCUT2D eigenvalue weighted by Crippen LogP contribution is -2.37. The van der Waals surface area contributed by atoms with Gasteiger partial charge < -0.3 is 20.1 Å². The summed E-state index contributed by atoms with van der Waals surface area (Å²) in [5.74, 6) is -1.27. The minimum Gasteiger partial charge on any atom is -0.461 e. The van der Waals surface area contributed by atoms with E-state index in [-0.39, 0.29) is 25.3 Å². The summed E-state index contributed by atoms with van der Waals surface area (Å²) in [6.45, 7) is 5.95. The Morgan fingerprint density at radius 1 is 1.11 bits per heavy atom. The third-order valence-corrected chi connectivity index (χ3v) is 1.68. The van der Waals surface area contributed by atoms with Crippen LogP contribution in [0, 0.1) is 0 Å². The fourth-order valence-corrected chi connectivity index (χ4v) is 0.995. The van der Waals surface area contributed by atoms with Crippen molar-refractivity contribution in [3.63, 3.8) is 0 Å². The van der Waals surface area contributed by atoms with Crippen molar-refractivity contribution < 1.29 is 23.9 Å². The van der Waals surface area contributed by atoms with Crippen LogP contribution in [0.3, 0.4) is 0 Å². The van der Waals surface area contributed by atoms with Gasteiger partial charge >= 0.3 is 18.0 Å². The van der Waals surface area contributed by atoms with Crippen molar-refractivity contribution in [1.29, 1.82) is 0 Å². The Morgan fingerprint density at radius 3 is 2.32 bits per heavy atom. The average molecular weight is 272 g/mol. The number of rotatable bonds is 7. The molecule has 0 bridgehead atoms. The maximum atomic E-state index is 11.2. The standard InChI is InChI=1S/C12H20N2O5/c1-4-13-12(17)14-7-8-18-10(15)5-6-11(16)19-9(2)3/h5-6,9H,4,7-8H2,1-3H3,(H2,13,14,17)/b6-5+. The van der Waals surface area contributed by atoms with Crippen molar-refractivity contribution in [2.24, 2.45) is 0 Å². The lowest BCUT2D eigenvalue weighted by atomic mass is 10.4. The third-order valence-electron chi connectivity index (χ3n) is 1.68. The molecule has 0 aromatic heterocycles.